The summed E-state index contributed by atoms with van der Waals surface area (Å²) in [5.41, 5.74) is 8.82. The van der Waals surface area contributed by atoms with Crippen molar-refractivity contribution in [2.75, 3.05) is 26.6 Å². The Morgan fingerprint density at radius 1 is 0.770 bits per heavy atom. The summed E-state index contributed by atoms with van der Waals surface area (Å²) in [6.45, 7) is -0.315. The standard InChI is InChI=1S/C75H78O12/c1-44(40-77)55-27-20-45-18-21-47(22-19-45)56-28-25-50(49-12-8-14-54(37-49)74-33-7-6-13-53(74)26-23-48-11-3-5-17-63(48)74)36-52(56)38-66(80)84-70-68-65(31-30-60-62(41-78)67(73(82)85-69(60)68)51(32-35-76)42-83-43-79)87-75(71(70)86-72(55)81)34-9-16-59-58-29-24-46-10-2-4-15-57(46)61(58)39-64(59)75/h2-5,8,10-12,14-15,17-19,21-26,28-31,37,50-53,56,58-59,61,64,70-71,76-79H,6-7,9,13,16,20,27,32-36,38-43H2,1H3/b55-44-/t50-,51-,52+,53-,56+,58-,59+,61-,64-,70-,71+,74+,75+/m1/s1. The molecule has 2 bridgehead atoms. The van der Waals surface area contributed by atoms with Crippen molar-refractivity contribution in [3.63, 3.8) is 0 Å². The molecule has 0 amide bonds. The van der Waals surface area contributed by atoms with E-state index in [-0.39, 0.29) is 108 Å². The summed E-state index contributed by atoms with van der Waals surface area (Å²) in [4.78, 5) is 46.3. The SMILES string of the molecule is C/C(CO)=C1\CCc2ccc(cc2)[C@@H]2C=C[C@@H](c3cccc([C@]45CCCC[C@@H]4C=Cc4ccccc45)c3)C[C@H]2CC(=O)O[C@@H]2c3c(ccc4c(CO)c([C@H](CCO)COCO)c(=O)oc34)O[C@]3(CCC[C@H]4[C@H]5C=Cc6ccccc6[C@H]5C[C@H]43)[C@H]2OC1=O. The van der Waals surface area contributed by atoms with Crippen LogP contribution in [0.25, 0.3) is 23.1 Å². The molecule has 3 saturated carbocycles. The highest BCUT2D eigenvalue weighted by atomic mass is 16.6. The number of fused-ring (bicyclic) bond motifs is 20. The first-order valence-electron chi connectivity index (χ1n) is 31.9. The van der Waals surface area contributed by atoms with Crippen LogP contribution in [0.2, 0.25) is 0 Å². The minimum atomic E-state index is -1.38. The molecule has 3 aliphatic heterocycles. The molecule has 6 aromatic rings. The van der Waals surface area contributed by atoms with Crippen LogP contribution in [0.4, 0.5) is 0 Å². The second-order valence-corrected chi connectivity index (χ2v) is 26.1. The number of carbonyl (C=O) groups is 2. The molecule has 9 aliphatic rings. The van der Waals surface area contributed by atoms with Crippen molar-refractivity contribution in [2.24, 2.45) is 29.6 Å². The topological polar surface area (TPSA) is 182 Å². The minimum Gasteiger partial charge on any atom is -0.482 e. The number of benzene rings is 5. The summed E-state index contributed by atoms with van der Waals surface area (Å²) in [5, 5.41) is 42.4. The Labute approximate surface area is 508 Å². The first-order valence-corrected chi connectivity index (χ1v) is 31.9. The average molecular weight is 1170 g/mol. The molecule has 6 aliphatic carbocycles. The molecule has 87 heavy (non-hydrogen) atoms. The highest BCUT2D eigenvalue weighted by Gasteiger charge is 2.65. The summed E-state index contributed by atoms with van der Waals surface area (Å²) in [5.74, 6) is -1.44. The van der Waals surface area contributed by atoms with Crippen molar-refractivity contribution in [1.82, 2.24) is 0 Å². The van der Waals surface area contributed by atoms with E-state index in [1.807, 2.05) is 0 Å². The lowest BCUT2D eigenvalue weighted by atomic mass is 9.56. The Morgan fingerprint density at radius 2 is 1.60 bits per heavy atom. The van der Waals surface area contributed by atoms with Crippen molar-refractivity contribution >= 4 is 35.1 Å². The van der Waals surface area contributed by atoms with Gasteiger partial charge < -0.3 is 43.8 Å². The highest BCUT2D eigenvalue weighted by molar-refractivity contribution is 5.91. The maximum atomic E-state index is 15.9. The molecule has 5 aromatic carbocycles. The molecule has 0 radical (unpaired) electrons. The molecule has 1 aromatic heterocycles. The van der Waals surface area contributed by atoms with Crippen LogP contribution in [-0.4, -0.2) is 70.7 Å². The third-order valence-corrected chi connectivity index (χ3v) is 21.9. The van der Waals surface area contributed by atoms with Gasteiger partial charge in [-0.25, -0.2) is 9.59 Å². The lowest BCUT2D eigenvalue weighted by Gasteiger charge is -2.53. The van der Waals surface area contributed by atoms with E-state index in [1.165, 1.54) is 39.8 Å². The number of carbonyl (C=O) groups excluding carboxylic acids is 2. The molecule has 1 spiro atoms. The summed E-state index contributed by atoms with van der Waals surface area (Å²) in [6.07, 6.45) is 20.1. The van der Waals surface area contributed by atoms with Gasteiger partial charge in [-0.05, 0) is 168 Å². The number of rotatable bonds is 10. The molecule has 4 N–H and O–H groups in total. The Bertz CT molecular complexity index is 3810. The van der Waals surface area contributed by atoms with Gasteiger partial charge in [-0.15, -0.1) is 0 Å². The van der Waals surface area contributed by atoms with Gasteiger partial charge in [-0.3, -0.25) is 4.79 Å². The Kier molecular flexibility index (Phi) is 15.7. The first-order chi connectivity index (χ1) is 42.5. The first kappa shape index (κ1) is 57.5. The summed E-state index contributed by atoms with van der Waals surface area (Å²) >= 11 is 0. The molecule has 4 heterocycles. The predicted octanol–water partition coefficient (Wildman–Crippen LogP) is 12.9. The fourth-order valence-electron chi connectivity index (χ4n) is 17.9. The molecule has 3 fully saturated rings. The number of aliphatic hydroxyl groups is 4. The number of esters is 2. The number of ether oxygens (including phenoxy) is 4. The maximum Gasteiger partial charge on any atom is 0.340 e. The van der Waals surface area contributed by atoms with Gasteiger partial charge in [0, 0.05) is 58.6 Å². The van der Waals surface area contributed by atoms with Crippen molar-refractivity contribution in [2.45, 2.75) is 144 Å². The maximum absolute atomic E-state index is 15.9. The normalized spacial score (nSPS) is 30.5. The fourth-order valence-corrected chi connectivity index (χ4v) is 17.9. The van der Waals surface area contributed by atoms with Crippen molar-refractivity contribution in [3.8, 4) is 5.75 Å². The van der Waals surface area contributed by atoms with Gasteiger partial charge in [-0.1, -0.05) is 146 Å². The number of hydrogen-bond acceptors (Lipinski definition) is 12. The fraction of sp³-hybridized carbons (Fsp3) is 0.427. The molecular weight excluding hydrogens is 1090 g/mol. The lowest BCUT2D eigenvalue weighted by Crippen LogP contribution is -2.62. The molecule has 0 saturated heterocycles. The predicted molar refractivity (Wildman–Crippen MR) is 332 cm³/mol. The number of aliphatic hydroxyl groups excluding tert-OH is 4. The van der Waals surface area contributed by atoms with E-state index in [2.05, 4.69) is 134 Å². The second-order valence-electron chi connectivity index (χ2n) is 26.1. The Hall–Kier alpha value is -7.19. The van der Waals surface area contributed by atoms with E-state index in [0.717, 1.165) is 43.2 Å². The van der Waals surface area contributed by atoms with Crippen LogP contribution in [0.1, 0.15) is 175 Å². The van der Waals surface area contributed by atoms with E-state index in [9.17, 15) is 25.2 Å². The monoisotopic (exact) mass is 1170 g/mol. The third kappa shape index (κ3) is 9.89. The van der Waals surface area contributed by atoms with Crippen LogP contribution in [0.15, 0.2) is 154 Å². The van der Waals surface area contributed by atoms with E-state index < -0.39 is 54.7 Å². The van der Waals surface area contributed by atoms with E-state index in [1.54, 1.807) is 19.1 Å². The quantitative estimate of drug-likeness (QED) is 0.0335. The highest BCUT2D eigenvalue weighted by Crippen LogP contribution is 2.64. The van der Waals surface area contributed by atoms with Crippen LogP contribution in [0, 0.1) is 29.6 Å². The van der Waals surface area contributed by atoms with Gasteiger partial charge in [0.05, 0.1) is 25.4 Å². The number of hydrogen-bond donors (Lipinski definition) is 4. The second kappa shape index (κ2) is 23.7. The van der Waals surface area contributed by atoms with Gasteiger partial charge in [0.1, 0.15) is 18.1 Å². The van der Waals surface area contributed by atoms with Crippen LogP contribution >= 0.6 is 0 Å². The smallest absolute Gasteiger partial charge is 0.340 e. The summed E-state index contributed by atoms with van der Waals surface area (Å²) in [7, 11) is 0. The molecule has 12 nitrogen and oxygen atoms in total. The zero-order valence-corrected chi connectivity index (χ0v) is 49.5. The van der Waals surface area contributed by atoms with E-state index >= 15 is 9.59 Å². The largest absolute Gasteiger partial charge is 0.482 e. The zero-order valence-electron chi connectivity index (χ0n) is 49.5. The molecule has 12 heteroatoms. The third-order valence-electron chi connectivity index (χ3n) is 21.9. The molecule has 0 unspecified atom stereocenters. The summed E-state index contributed by atoms with van der Waals surface area (Å²) in [6, 6.07) is 38.6. The molecule has 15 rings (SSSR count). The van der Waals surface area contributed by atoms with Crippen LogP contribution in [0.3, 0.4) is 0 Å². The van der Waals surface area contributed by atoms with Gasteiger partial charge >= 0.3 is 17.6 Å². The van der Waals surface area contributed by atoms with Crippen molar-refractivity contribution < 1.29 is 53.4 Å². The Morgan fingerprint density at radius 3 is 2.43 bits per heavy atom. The number of aryl methyl sites for hydroxylation is 1. The van der Waals surface area contributed by atoms with Crippen molar-refractivity contribution in [3.05, 3.63) is 216 Å². The van der Waals surface area contributed by atoms with Crippen LogP contribution in [0.5, 0.6) is 5.75 Å². The Balaban J connectivity index is 0.915. The van der Waals surface area contributed by atoms with E-state index in [4.69, 9.17) is 23.4 Å². The average Bonchev–Trinajstić information content (AvgIpc) is 1.75. The minimum absolute atomic E-state index is 0.00150. The molecular formula is C75H78O12. The summed E-state index contributed by atoms with van der Waals surface area (Å²) < 4.78 is 33.8. The van der Waals surface area contributed by atoms with Gasteiger partial charge in [0.2, 0.25) is 0 Å². The van der Waals surface area contributed by atoms with Crippen molar-refractivity contribution in [1.29, 1.82) is 0 Å². The molecule has 13 atom stereocenters. The van der Waals surface area contributed by atoms with E-state index in [0.29, 0.717) is 53.9 Å². The zero-order chi connectivity index (χ0) is 59.6. The van der Waals surface area contributed by atoms with Gasteiger partial charge in [-0.2, -0.15) is 0 Å². The van der Waals surface area contributed by atoms with Crippen LogP contribution in [-0.2, 0) is 42.2 Å². The molecule has 450 valence electrons. The number of allylic oxidation sites excluding steroid dienone is 4. The lowest BCUT2D eigenvalue weighted by molar-refractivity contribution is -0.212. The van der Waals surface area contributed by atoms with Gasteiger partial charge in [0.15, 0.2) is 17.8 Å². The van der Waals surface area contributed by atoms with Gasteiger partial charge in [0.25, 0.3) is 0 Å². The van der Waals surface area contributed by atoms with Crippen LogP contribution < -0.4 is 10.4 Å².